The highest BCUT2D eigenvalue weighted by molar-refractivity contribution is 6.43. The maximum atomic E-state index is 12.6. The number of amides is 3. The molecule has 0 aliphatic carbocycles. The van der Waals surface area contributed by atoms with E-state index < -0.39 is 36.8 Å². The van der Waals surface area contributed by atoms with Crippen molar-refractivity contribution in [2.45, 2.75) is 6.42 Å². The summed E-state index contributed by atoms with van der Waals surface area (Å²) in [6.07, 6.45) is 0.0480. The summed E-state index contributed by atoms with van der Waals surface area (Å²) in [7, 11) is 0. The molecule has 0 bridgehead atoms. The quantitative estimate of drug-likeness (QED) is 0.429. The molecule has 8 nitrogen and oxygen atoms in total. The van der Waals surface area contributed by atoms with Crippen LogP contribution < -0.4 is 4.90 Å². The van der Waals surface area contributed by atoms with Crippen molar-refractivity contribution in [2.24, 2.45) is 0 Å². The molecule has 0 saturated heterocycles. The van der Waals surface area contributed by atoms with Gasteiger partial charge in [-0.25, -0.2) is 0 Å². The second-order valence-corrected chi connectivity index (χ2v) is 7.85. The van der Waals surface area contributed by atoms with Crippen LogP contribution in [0.4, 0.5) is 5.69 Å². The number of halogens is 3. The van der Waals surface area contributed by atoms with Crippen LogP contribution in [-0.4, -0.2) is 48.3 Å². The van der Waals surface area contributed by atoms with Crippen molar-refractivity contribution in [2.75, 3.05) is 24.6 Å². The molecule has 1 heterocycles. The van der Waals surface area contributed by atoms with Crippen LogP contribution in [0.1, 0.15) is 27.1 Å². The van der Waals surface area contributed by atoms with Crippen LogP contribution in [0.3, 0.4) is 0 Å². The van der Waals surface area contributed by atoms with Crippen LogP contribution in [0.15, 0.2) is 36.4 Å². The summed E-state index contributed by atoms with van der Waals surface area (Å²) in [5.41, 5.74) is 0.483. The van der Waals surface area contributed by atoms with E-state index in [-0.39, 0.29) is 34.1 Å². The summed E-state index contributed by atoms with van der Waals surface area (Å²) in [5.74, 6) is -3.00. The van der Waals surface area contributed by atoms with Crippen molar-refractivity contribution >= 4 is 64.2 Å². The largest absolute Gasteiger partial charge is 0.454 e. The number of carbonyl (C=O) groups is 4. The molecular weight excluding hydrogens is 481 g/mol. The number of hydrogen-bond donors (Lipinski definition) is 0. The first-order chi connectivity index (χ1) is 15.2. The van der Waals surface area contributed by atoms with Gasteiger partial charge in [0.15, 0.2) is 6.61 Å². The summed E-state index contributed by atoms with van der Waals surface area (Å²) < 4.78 is 4.98. The van der Waals surface area contributed by atoms with E-state index in [2.05, 4.69) is 0 Å². The summed E-state index contributed by atoms with van der Waals surface area (Å²) >= 11 is 17.7. The normalized spacial score (nSPS) is 12.4. The van der Waals surface area contributed by atoms with Gasteiger partial charge in [0.05, 0.1) is 33.7 Å². The molecule has 0 aromatic heterocycles. The van der Waals surface area contributed by atoms with Crippen LogP contribution in [0.2, 0.25) is 15.1 Å². The number of rotatable bonds is 7. The number of carbonyl (C=O) groups excluding carboxylic acids is 4. The van der Waals surface area contributed by atoms with E-state index >= 15 is 0 Å². The Kier molecular flexibility index (Phi) is 7.36. The molecule has 0 saturated carbocycles. The second-order valence-electron chi connectivity index (χ2n) is 6.60. The fourth-order valence-corrected chi connectivity index (χ4v) is 3.54. The van der Waals surface area contributed by atoms with Crippen molar-refractivity contribution in [3.8, 4) is 6.07 Å². The van der Waals surface area contributed by atoms with Gasteiger partial charge in [-0.15, -0.1) is 0 Å². The van der Waals surface area contributed by atoms with Crippen LogP contribution in [-0.2, 0) is 14.3 Å². The minimum absolute atomic E-state index is 0.0249. The van der Waals surface area contributed by atoms with Crippen LogP contribution in [0, 0.1) is 11.3 Å². The summed E-state index contributed by atoms with van der Waals surface area (Å²) in [4.78, 5) is 51.7. The maximum absolute atomic E-state index is 12.6. The minimum atomic E-state index is -0.962. The Morgan fingerprint density at radius 3 is 2.22 bits per heavy atom. The lowest BCUT2D eigenvalue weighted by Crippen LogP contribution is -2.39. The van der Waals surface area contributed by atoms with Gasteiger partial charge in [-0.3, -0.25) is 24.1 Å². The molecule has 0 fully saturated rings. The molecular formula is C21H14Cl3N3O5. The van der Waals surface area contributed by atoms with E-state index in [1.165, 1.54) is 23.1 Å². The van der Waals surface area contributed by atoms with Gasteiger partial charge in [0.1, 0.15) is 6.54 Å². The second kappa shape index (κ2) is 10.0. The number of anilines is 1. The van der Waals surface area contributed by atoms with Gasteiger partial charge in [0, 0.05) is 17.3 Å². The number of ether oxygens (including phenoxy) is 1. The number of nitrogens with zero attached hydrogens (tertiary/aromatic N) is 3. The van der Waals surface area contributed by atoms with E-state index in [0.717, 1.165) is 0 Å². The molecule has 164 valence electrons. The molecule has 2 aromatic carbocycles. The molecule has 32 heavy (non-hydrogen) atoms. The molecule has 0 atom stereocenters. The zero-order valence-electron chi connectivity index (χ0n) is 16.3. The number of fused-ring (bicyclic) bond motifs is 1. The van der Waals surface area contributed by atoms with Gasteiger partial charge >= 0.3 is 5.97 Å². The van der Waals surface area contributed by atoms with Crippen molar-refractivity contribution in [3.63, 3.8) is 0 Å². The summed E-state index contributed by atoms with van der Waals surface area (Å²) in [6, 6.07) is 10.9. The Morgan fingerprint density at radius 2 is 1.66 bits per heavy atom. The van der Waals surface area contributed by atoms with Crippen LogP contribution in [0.5, 0.6) is 0 Å². The molecule has 2 aromatic rings. The maximum Gasteiger partial charge on any atom is 0.326 e. The molecule has 0 spiro atoms. The SMILES string of the molecule is N#CCCN(C(=O)COC(=O)CN1C(=O)c2cc(Cl)c(Cl)cc2C1=O)c1cccc(Cl)c1. The number of benzene rings is 2. The third kappa shape index (κ3) is 5.02. The average Bonchev–Trinajstić information content (AvgIpc) is 2.97. The first kappa shape index (κ1) is 23.5. The number of imide groups is 1. The van der Waals surface area contributed by atoms with Crippen molar-refractivity contribution in [1.29, 1.82) is 5.26 Å². The lowest BCUT2D eigenvalue weighted by Gasteiger charge is -2.22. The fraction of sp³-hybridized carbons (Fsp3) is 0.190. The molecule has 1 aliphatic rings. The summed E-state index contributed by atoms with van der Waals surface area (Å²) in [6.45, 7) is -1.28. The van der Waals surface area contributed by atoms with Gasteiger partial charge in [-0.2, -0.15) is 5.26 Å². The Hall–Kier alpha value is -3.12. The van der Waals surface area contributed by atoms with Gasteiger partial charge < -0.3 is 9.64 Å². The molecule has 1 aliphatic heterocycles. The van der Waals surface area contributed by atoms with Gasteiger partial charge in [-0.1, -0.05) is 40.9 Å². The Bertz CT molecular complexity index is 1120. The standard InChI is InChI=1S/C21H14Cl3N3O5/c22-12-3-1-4-13(7-12)26(6-2-5-25)18(28)11-32-19(29)10-27-20(30)14-8-16(23)17(24)9-15(14)21(27)31/h1,3-4,7-9H,2,6,10-11H2. The van der Waals surface area contributed by atoms with E-state index in [0.29, 0.717) is 15.6 Å². The zero-order chi connectivity index (χ0) is 23.4. The molecule has 0 radical (unpaired) electrons. The third-order valence-corrected chi connectivity index (χ3v) is 5.48. The molecule has 3 amide bonds. The fourth-order valence-electron chi connectivity index (χ4n) is 3.03. The highest BCUT2D eigenvalue weighted by Gasteiger charge is 2.38. The number of esters is 1. The van der Waals surface area contributed by atoms with Gasteiger partial charge in [-0.05, 0) is 30.3 Å². The zero-order valence-corrected chi connectivity index (χ0v) is 18.6. The number of hydrogen-bond acceptors (Lipinski definition) is 6. The number of nitriles is 1. The predicted molar refractivity (Wildman–Crippen MR) is 117 cm³/mol. The first-order valence-corrected chi connectivity index (χ1v) is 10.3. The Balaban J connectivity index is 1.65. The van der Waals surface area contributed by atoms with E-state index in [4.69, 9.17) is 44.8 Å². The third-order valence-electron chi connectivity index (χ3n) is 4.52. The Labute approximate surface area is 197 Å². The minimum Gasteiger partial charge on any atom is -0.454 e. The topological polar surface area (TPSA) is 108 Å². The highest BCUT2D eigenvalue weighted by atomic mass is 35.5. The van der Waals surface area contributed by atoms with E-state index in [1.807, 2.05) is 6.07 Å². The highest BCUT2D eigenvalue weighted by Crippen LogP contribution is 2.31. The molecule has 3 rings (SSSR count). The Morgan fingerprint density at radius 1 is 1.03 bits per heavy atom. The van der Waals surface area contributed by atoms with Crippen LogP contribution in [0.25, 0.3) is 0 Å². The van der Waals surface area contributed by atoms with Gasteiger partial charge in [0.2, 0.25) is 0 Å². The van der Waals surface area contributed by atoms with Crippen molar-refractivity contribution < 1.29 is 23.9 Å². The lowest BCUT2D eigenvalue weighted by molar-refractivity contribution is -0.148. The molecule has 0 unspecified atom stereocenters. The van der Waals surface area contributed by atoms with Gasteiger partial charge in [0.25, 0.3) is 17.7 Å². The predicted octanol–water partition coefficient (Wildman–Crippen LogP) is 3.73. The lowest BCUT2D eigenvalue weighted by atomic mass is 10.1. The molecule has 0 N–H and O–H groups in total. The first-order valence-electron chi connectivity index (χ1n) is 9.16. The average molecular weight is 495 g/mol. The monoisotopic (exact) mass is 493 g/mol. The summed E-state index contributed by atoms with van der Waals surface area (Å²) in [5, 5.41) is 9.43. The van der Waals surface area contributed by atoms with Crippen LogP contribution >= 0.6 is 34.8 Å². The van der Waals surface area contributed by atoms with Crippen molar-refractivity contribution in [3.05, 3.63) is 62.6 Å². The van der Waals surface area contributed by atoms with E-state index in [1.54, 1.807) is 18.2 Å². The molecule has 11 heteroatoms. The smallest absolute Gasteiger partial charge is 0.326 e. The van der Waals surface area contributed by atoms with E-state index in [9.17, 15) is 19.2 Å². The van der Waals surface area contributed by atoms with Crippen molar-refractivity contribution in [1.82, 2.24) is 4.90 Å².